The second-order valence-corrected chi connectivity index (χ2v) is 10.7. The zero-order valence-corrected chi connectivity index (χ0v) is 21.8. The lowest BCUT2D eigenvalue weighted by molar-refractivity contribution is 0.148. The van der Waals surface area contributed by atoms with Crippen LogP contribution in [0, 0.1) is 0 Å². The van der Waals surface area contributed by atoms with Gasteiger partial charge in [0.1, 0.15) is 5.39 Å². The van der Waals surface area contributed by atoms with Gasteiger partial charge in [0.2, 0.25) is 5.95 Å². The van der Waals surface area contributed by atoms with E-state index in [0.29, 0.717) is 0 Å². The van der Waals surface area contributed by atoms with E-state index >= 15 is 0 Å². The van der Waals surface area contributed by atoms with Gasteiger partial charge < -0.3 is 10.2 Å². The van der Waals surface area contributed by atoms with Gasteiger partial charge in [-0.15, -0.1) is 6.58 Å². The smallest absolute Gasteiger partial charge is 0.278 e. The van der Waals surface area contributed by atoms with Gasteiger partial charge in [-0.05, 0) is 36.9 Å². The van der Waals surface area contributed by atoms with E-state index in [2.05, 4.69) is 55.8 Å². The van der Waals surface area contributed by atoms with Crippen molar-refractivity contribution in [3.63, 3.8) is 0 Å². The van der Waals surface area contributed by atoms with E-state index < -0.39 is 10.0 Å². The molecule has 0 spiro atoms. The zero-order chi connectivity index (χ0) is 26.9. The maximum Gasteiger partial charge on any atom is 0.278 e. The summed E-state index contributed by atoms with van der Waals surface area (Å²) in [6.45, 7) is 8.99. The van der Waals surface area contributed by atoms with Crippen LogP contribution in [0.15, 0.2) is 71.1 Å². The Kier molecular flexibility index (Phi) is 7.08. The number of fused-ring (bicyclic) bond motifs is 1. The molecule has 38 heavy (non-hydrogen) atoms. The number of sulfonamides is 1. The molecule has 3 aromatic heterocycles. The Morgan fingerprint density at radius 1 is 1.08 bits per heavy atom. The number of rotatable bonds is 8. The number of nitrogens with zero attached hydrogens (tertiary/aromatic N) is 7. The van der Waals surface area contributed by atoms with Crippen molar-refractivity contribution in [3.8, 4) is 5.82 Å². The lowest BCUT2D eigenvalue weighted by Gasteiger charge is -2.32. The molecule has 0 aliphatic carbocycles. The van der Waals surface area contributed by atoms with Gasteiger partial charge in [0.25, 0.3) is 15.6 Å². The number of nitrogens with one attached hydrogen (secondary N) is 1. The zero-order valence-electron chi connectivity index (χ0n) is 21.0. The summed E-state index contributed by atoms with van der Waals surface area (Å²) in [4.78, 5) is 30.9. The Hall–Kier alpha value is -3.91. The maximum atomic E-state index is 13.1. The number of hydrogen-bond acceptors (Lipinski definition) is 9. The highest BCUT2D eigenvalue weighted by molar-refractivity contribution is 7.89. The number of likely N-dealkylation sites (N-methyl/N-ethyl adjacent to an activating group) is 1. The summed E-state index contributed by atoms with van der Waals surface area (Å²) in [7, 11) is -1.91. The SMILES string of the molecule is C=CCn1c(=O)c2cnc(Nc3ccc(CN4CCN(C)CC4)cc3)nc2n1-c1cccc(S(N)(=O)=O)n1. The fourth-order valence-electron chi connectivity index (χ4n) is 4.38. The number of nitrogens with two attached hydrogens (primary N) is 1. The van der Waals surface area contributed by atoms with Crippen LogP contribution in [0.1, 0.15) is 5.56 Å². The molecule has 0 radical (unpaired) electrons. The molecular weight excluding hydrogens is 506 g/mol. The molecule has 198 valence electrons. The number of aromatic nitrogens is 5. The number of piperazine rings is 1. The van der Waals surface area contributed by atoms with E-state index in [9.17, 15) is 13.2 Å². The molecule has 4 aromatic rings. The van der Waals surface area contributed by atoms with Crippen molar-refractivity contribution < 1.29 is 8.42 Å². The molecular formula is C25H29N9O3S. The number of anilines is 2. The largest absolute Gasteiger partial charge is 0.324 e. The number of hydrogen-bond donors (Lipinski definition) is 2. The summed E-state index contributed by atoms with van der Waals surface area (Å²) in [5.41, 5.74) is 1.91. The Balaban J connectivity index is 1.46. The van der Waals surface area contributed by atoms with Gasteiger partial charge >= 0.3 is 0 Å². The first kappa shape index (κ1) is 25.7. The number of benzene rings is 1. The van der Waals surface area contributed by atoms with E-state index in [4.69, 9.17) is 5.14 Å². The minimum atomic E-state index is -4.05. The van der Waals surface area contributed by atoms with Crippen molar-refractivity contribution in [1.29, 1.82) is 0 Å². The van der Waals surface area contributed by atoms with Crippen LogP contribution in [-0.2, 0) is 23.1 Å². The minimum absolute atomic E-state index is 0.147. The average molecular weight is 536 g/mol. The van der Waals surface area contributed by atoms with Gasteiger partial charge in [-0.2, -0.15) is 4.98 Å². The van der Waals surface area contributed by atoms with E-state index in [0.717, 1.165) is 38.4 Å². The van der Waals surface area contributed by atoms with Crippen LogP contribution in [0.4, 0.5) is 11.6 Å². The normalized spacial score (nSPS) is 15.1. The predicted octanol–water partition coefficient (Wildman–Crippen LogP) is 1.30. The third-order valence-corrected chi connectivity index (χ3v) is 7.22. The van der Waals surface area contributed by atoms with Crippen LogP contribution >= 0.6 is 0 Å². The second kappa shape index (κ2) is 10.5. The molecule has 12 nitrogen and oxygen atoms in total. The fraction of sp³-hybridized carbons (Fsp3) is 0.280. The topological polar surface area (TPSA) is 144 Å². The van der Waals surface area contributed by atoms with Crippen molar-refractivity contribution in [3.05, 3.63) is 77.2 Å². The number of allylic oxidation sites excluding steroid dienone is 1. The quantitative estimate of drug-likeness (QED) is 0.319. The first-order chi connectivity index (χ1) is 18.2. The molecule has 5 rings (SSSR count). The molecule has 0 unspecified atom stereocenters. The Bertz CT molecular complexity index is 1640. The van der Waals surface area contributed by atoms with Gasteiger partial charge in [-0.3, -0.25) is 9.69 Å². The van der Waals surface area contributed by atoms with Crippen molar-refractivity contribution in [1.82, 2.24) is 34.1 Å². The van der Waals surface area contributed by atoms with Crippen molar-refractivity contribution >= 4 is 32.7 Å². The summed E-state index contributed by atoms with van der Waals surface area (Å²) in [5, 5.41) is 8.39. The Morgan fingerprint density at radius 3 is 2.50 bits per heavy atom. The molecule has 0 atom stereocenters. The summed E-state index contributed by atoms with van der Waals surface area (Å²) in [6.07, 6.45) is 2.99. The lowest BCUT2D eigenvalue weighted by Crippen LogP contribution is -2.43. The van der Waals surface area contributed by atoms with Crippen LogP contribution in [0.25, 0.3) is 16.9 Å². The minimum Gasteiger partial charge on any atom is -0.324 e. The van der Waals surface area contributed by atoms with E-state index in [1.807, 2.05) is 12.1 Å². The highest BCUT2D eigenvalue weighted by Crippen LogP contribution is 2.20. The standard InChI is InChI=1S/C25H29N9O3S/c1-3-11-33-24(35)20-16-27-25(30-23(20)34(33)21-5-4-6-22(29-21)38(26,36)37)28-19-9-7-18(8-10-19)17-32-14-12-31(2)13-15-32/h3-10,16H,1,11-15,17H2,2H3,(H2,26,36,37)(H,27,28,30). The van der Waals surface area contributed by atoms with Crippen LogP contribution < -0.4 is 16.0 Å². The highest BCUT2D eigenvalue weighted by Gasteiger charge is 2.20. The Morgan fingerprint density at radius 2 is 1.82 bits per heavy atom. The maximum absolute atomic E-state index is 13.1. The van der Waals surface area contributed by atoms with Crippen LogP contribution in [0.5, 0.6) is 0 Å². The number of pyridine rings is 1. The third-order valence-electron chi connectivity index (χ3n) is 6.41. The summed E-state index contributed by atoms with van der Waals surface area (Å²) < 4.78 is 26.6. The van der Waals surface area contributed by atoms with Gasteiger partial charge in [-0.1, -0.05) is 24.3 Å². The average Bonchev–Trinajstić information content (AvgIpc) is 3.17. The number of primary sulfonamides is 1. The third kappa shape index (κ3) is 5.36. The highest BCUT2D eigenvalue weighted by atomic mass is 32.2. The second-order valence-electron chi connectivity index (χ2n) is 9.20. The predicted molar refractivity (Wildman–Crippen MR) is 145 cm³/mol. The van der Waals surface area contributed by atoms with Crippen molar-refractivity contribution in [2.75, 3.05) is 38.5 Å². The Labute approximate surface area is 220 Å². The fourth-order valence-corrected chi connectivity index (χ4v) is 4.86. The molecule has 1 aliphatic rings. The molecule has 13 heteroatoms. The van der Waals surface area contributed by atoms with E-state index in [1.54, 1.807) is 12.1 Å². The summed E-state index contributed by atoms with van der Waals surface area (Å²) in [6, 6.07) is 12.4. The van der Waals surface area contributed by atoms with Gasteiger partial charge in [0.15, 0.2) is 16.5 Å². The summed E-state index contributed by atoms with van der Waals surface area (Å²) >= 11 is 0. The molecule has 3 N–H and O–H groups in total. The molecule has 1 aromatic carbocycles. The summed E-state index contributed by atoms with van der Waals surface area (Å²) in [5.74, 6) is 0.444. The van der Waals surface area contributed by atoms with Crippen LogP contribution in [0.3, 0.4) is 0 Å². The van der Waals surface area contributed by atoms with Crippen molar-refractivity contribution in [2.24, 2.45) is 5.14 Å². The molecule has 4 heterocycles. The molecule has 0 saturated carbocycles. The van der Waals surface area contributed by atoms with E-state index in [1.165, 1.54) is 33.3 Å². The van der Waals surface area contributed by atoms with Crippen LogP contribution in [0.2, 0.25) is 0 Å². The van der Waals surface area contributed by atoms with Gasteiger partial charge in [0.05, 0.1) is 6.54 Å². The first-order valence-electron chi connectivity index (χ1n) is 12.1. The molecule has 0 bridgehead atoms. The monoisotopic (exact) mass is 535 g/mol. The first-order valence-corrected chi connectivity index (χ1v) is 13.6. The lowest BCUT2D eigenvalue weighted by atomic mass is 10.2. The van der Waals surface area contributed by atoms with Crippen LogP contribution in [-0.4, -0.2) is 75.8 Å². The molecule has 0 amide bonds. The van der Waals surface area contributed by atoms with Crippen molar-refractivity contribution in [2.45, 2.75) is 18.1 Å². The molecule has 1 fully saturated rings. The van der Waals surface area contributed by atoms with Gasteiger partial charge in [0, 0.05) is 44.6 Å². The van der Waals surface area contributed by atoms with Gasteiger partial charge in [-0.25, -0.2) is 32.9 Å². The molecule has 1 aliphatic heterocycles. The molecule has 1 saturated heterocycles. The van der Waals surface area contributed by atoms with E-state index in [-0.39, 0.29) is 39.9 Å².